The van der Waals surface area contributed by atoms with E-state index in [2.05, 4.69) is 19.7 Å². The maximum atomic E-state index is 13.4. The average molecular weight is 293 g/mol. The number of hydrogen-bond donors (Lipinski definition) is 1. The van der Waals surface area contributed by atoms with Crippen molar-refractivity contribution in [3.63, 3.8) is 0 Å². The molecule has 0 aliphatic heterocycles. The predicted molar refractivity (Wildman–Crippen MR) is 69.0 cm³/mol. The topological polar surface area (TPSA) is 85.1 Å². The fourth-order valence-corrected chi connectivity index (χ4v) is 2.94. The van der Waals surface area contributed by atoms with Crippen molar-refractivity contribution >= 4 is 26.7 Å². The monoisotopic (exact) mass is 293 g/mol. The first-order valence-electron chi connectivity index (χ1n) is 5.56. The zero-order valence-corrected chi connectivity index (χ0v) is 10.8. The van der Waals surface area contributed by atoms with Gasteiger partial charge in [0.05, 0.1) is 0 Å². The third-order valence-electron chi connectivity index (χ3n) is 2.64. The van der Waals surface area contributed by atoms with Gasteiger partial charge in [-0.3, -0.25) is 4.72 Å². The van der Waals surface area contributed by atoms with Gasteiger partial charge in [0, 0.05) is 5.69 Å². The molecule has 0 atom stereocenters. The number of nitrogens with zero attached hydrogens (tertiary/aromatic N) is 2. The van der Waals surface area contributed by atoms with Crippen molar-refractivity contribution in [2.45, 2.75) is 4.90 Å². The number of benzene rings is 2. The van der Waals surface area contributed by atoms with E-state index in [1.165, 1.54) is 0 Å². The molecule has 2 aromatic carbocycles. The number of sulfonamides is 1. The summed E-state index contributed by atoms with van der Waals surface area (Å²) in [6, 6.07) is 10.5. The van der Waals surface area contributed by atoms with Crippen molar-refractivity contribution in [2.75, 3.05) is 4.72 Å². The third kappa shape index (κ3) is 2.10. The van der Waals surface area contributed by atoms with Gasteiger partial charge in [0.1, 0.15) is 4.90 Å². The minimum absolute atomic E-state index is 0.145. The molecule has 20 heavy (non-hydrogen) atoms. The smallest absolute Gasteiger partial charge is 0.264 e. The van der Waals surface area contributed by atoms with Crippen molar-refractivity contribution in [3.05, 3.63) is 48.3 Å². The van der Waals surface area contributed by atoms with Crippen LogP contribution in [0.5, 0.6) is 0 Å². The average Bonchev–Trinajstić information content (AvgIpc) is 2.89. The van der Waals surface area contributed by atoms with Gasteiger partial charge in [-0.05, 0) is 34.6 Å². The van der Waals surface area contributed by atoms with Gasteiger partial charge in [-0.25, -0.2) is 17.4 Å². The van der Waals surface area contributed by atoms with Gasteiger partial charge in [-0.1, -0.05) is 18.2 Å². The number of rotatable bonds is 3. The first-order valence-corrected chi connectivity index (χ1v) is 7.05. The number of fused-ring (bicyclic) bond motifs is 1. The zero-order valence-electron chi connectivity index (χ0n) is 9.95. The van der Waals surface area contributed by atoms with Crippen LogP contribution >= 0.6 is 0 Å². The number of anilines is 1. The maximum Gasteiger partial charge on any atom is 0.264 e. The van der Waals surface area contributed by atoms with Crippen LogP contribution in [0.4, 0.5) is 10.1 Å². The number of para-hydroxylation sites is 1. The molecule has 1 aromatic heterocycles. The molecule has 3 aromatic rings. The van der Waals surface area contributed by atoms with Gasteiger partial charge in [-0.2, -0.15) is 0 Å². The fraction of sp³-hybridized carbons (Fsp3) is 0. The van der Waals surface area contributed by atoms with Gasteiger partial charge in [0.2, 0.25) is 0 Å². The van der Waals surface area contributed by atoms with Gasteiger partial charge in [0.25, 0.3) is 10.0 Å². The van der Waals surface area contributed by atoms with Gasteiger partial charge < -0.3 is 0 Å². The molecular weight excluding hydrogens is 285 g/mol. The molecule has 0 spiro atoms. The van der Waals surface area contributed by atoms with Crippen LogP contribution in [0.2, 0.25) is 0 Å². The predicted octanol–water partition coefficient (Wildman–Crippen LogP) is 2.16. The molecule has 102 valence electrons. The van der Waals surface area contributed by atoms with Crippen molar-refractivity contribution in [1.29, 1.82) is 0 Å². The Bertz CT molecular complexity index is 862. The molecule has 0 aliphatic rings. The molecule has 0 radical (unpaired) electrons. The summed E-state index contributed by atoms with van der Waals surface area (Å²) < 4.78 is 44.8. The minimum atomic E-state index is -3.91. The van der Waals surface area contributed by atoms with Crippen molar-refractivity contribution < 1.29 is 17.4 Å². The van der Waals surface area contributed by atoms with Crippen LogP contribution < -0.4 is 4.72 Å². The Balaban J connectivity index is 2.10. The van der Waals surface area contributed by atoms with Crippen LogP contribution in [0.25, 0.3) is 11.0 Å². The Morgan fingerprint density at radius 3 is 2.45 bits per heavy atom. The lowest BCUT2D eigenvalue weighted by atomic mass is 10.3. The zero-order chi connectivity index (χ0) is 14.2. The molecule has 6 nitrogen and oxygen atoms in total. The summed E-state index contributed by atoms with van der Waals surface area (Å²) in [6.45, 7) is 0. The van der Waals surface area contributed by atoms with E-state index in [4.69, 9.17) is 0 Å². The summed E-state index contributed by atoms with van der Waals surface area (Å²) in [6.07, 6.45) is 0. The van der Waals surface area contributed by atoms with E-state index in [1.807, 2.05) is 0 Å². The lowest BCUT2D eigenvalue weighted by Crippen LogP contribution is -2.13. The summed E-state index contributed by atoms with van der Waals surface area (Å²) in [5.41, 5.74) is 0.0239. The molecule has 0 saturated heterocycles. The van der Waals surface area contributed by atoms with Crippen LogP contribution in [-0.2, 0) is 10.0 Å². The summed E-state index contributed by atoms with van der Waals surface area (Å²) in [5.74, 6) is -0.695. The maximum absolute atomic E-state index is 13.4. The van der Waals surface area contributed by atoms with Gasteiger partial charge >= 0.3 is 0 Å². The molecule has 0 aliphatic carbocycles. The van der Waals surface area contributed by atoms with Crippen LogP contribution in [-0.4, -0.2) is 18.7 Å². The Kier molecular flexibility index (Phi) is 2.87. The molecule has 0 fully saturated rings. The summed E-state index contributed by atoms with van der Waals surface area (Å²) in [5, 5.41) is 6.79. The summed E-state index contributed by atoms with van der Waals surface area (Å²) in [4.78, 5) is -0.195. The third-order valence-corrected chi connectivity index (χ3v) is 4.06. The SMILES string of the molecule is O=S(=O)(Nc1ccccc1)c1ccc(F)c2nonc12. The van der Waals surface area contributed by atoms with Crippen LogP contribution in [0.3, 0.4) is 0 Å². The minimum Gasteiger partial charge on any atom is -0.280 e. The van der Waals surface area contributed by atoms with Crippen LogP contribution in [0.1, 0.15) is 0 Å². The Morgan fingerprint density at radius 2 is 1.70 bits per heavy atom. The Morgan fingerprint density at radius 1 is 1.00 bits per heavy atom. The molecule has 1 N–H and O–H groups in total. The second kappa shape index (κ2) is 4.57. The number of hydrogen-bond acceptors (Lipinski definition) is 5. The highest BCUT2D eigenvalue weighted by Crippen LogP contribution is 2.24. The number of halogens is 1. The van der Waals surface area contributed by atoms with E-state index >= 15 is 0 Å². The van der Waals surface area contributed by atoms with E-state index in [9.17, 15) is 12.8 Å². The largest absolute Gasteiger partial charge is 0.280 e. The molecule has 8 heteroatoms. The van der Waals surface area contributed by atoms with E-state index in [-0.39, 0.29) is 15.9 Å². The molecule has 3 rings (SSSR count). The molecule has 0 amide bonds. The molecule has 0 unspecified atom stereocenters. The highest BCUT2D eigenvalue weighted by molar-refractivity contribution is 7.93. The lowest BCUT2D eigenvalue weighted by molar-refractivity contribution is 0.314. The first kappa shape index (κ1) is 12.5. The van der Waals surface area contributed by atoms with Gasteiger partial charge in [0.15, 0.2) is 16.9 Å². The molecule has 1 heterocycles. The van der Waals surface area contributed by atoms with Crippen LogP contribution in [0.15, 0.2) is 52.0 Å². The quantitative estimate of drug-likeness (QED) is 0.799. The van der Waals surface area contributed by atoms with Crippen molar-refractivity contribution in [2.24, 2.45) is 0 Å². The molecule has 0 bridgehead atoms. The molecule has 0 saturated carbocycles. The van der Waals surface area contributed by atoms with Crippen molar-refractivity contribution in [1.82, 2.24) is 10.3 Å². The van der Waals surface area contributed by atoms with Crippen molar-refractivity contribution in [3.8, 4) is 0 Å². The number of aromatic nitrogens is 2. The Labute approximate surface area is 113 Å². The number of nitrogens with one attached hydrogen (secondary N) is 1. The second-order valence-corrected chi connectivity index (χ2v) is 5.63. The van der Waals surface area contributed by atoms with E-state index in [1.54, 1.807) is 30.3 Å². The van der Waals surface area contributed by atoms with E-state index in [0.717, 1.165) is 12.1 Å². The van der Waals surface area contributed by atoms with E-state index < -0.39 is 15.8 Å². The lowest BCUT2D eigenvalue weighted by Gasteiger charge is -2.07. The molecular formula is C12H8FN3O3S. The first-order chi connectivity index (χ1) is 9.58. The highest BCUT2D eigenvalue weighted by Gasteiger charge is 2.22. The summed E-state index contributed by atoms with van der Waals surface area (Å²) >= 11 is 0. The summed E-state index contributed by atoms with van der Waals surface area (Å²) in [7, 11) is -3.91. The Hall–Kier alpha value is -2.48. The second-order valence-electron chi connectivity index (χ2n) is 3.98. The van der Waals surface area contributed by atoms with Gasteiger partial charge in [-0.15, -0.1) is 0 Å². The van der Waals surface area contributed by atoms with E-state index in [0.29, 0.717) is 5.69 Å². The fourth-order valence-electron chi connectivity index (χ4n) is 1.75. The van der Waals surface area contributed by atoms with Crippen LogP contribution in [0, 0.1) is 5.82 Å². The normalized spacial score (nSPS) is 11.7. The highest BCUT2D eigenvalue weighted by atomic mass is 32.2. The standard InChI is InChI=1S/C12H8FN3O3S/c13-9-6-7-10(12-11(9)14-19-15-12)20(17,18)16-8-4-2-1-3-5-8/h1-7,16H.